The summed E-state index contributed by atoms with van der Waals surface area (Å²) in [5.74, 6) is 0. The van der Waals surface area contributed by atoms with Crippen molar-refractivity contribution in [2.45, 2.75) is 25.0 Å². The maximum absolute atomic E-state index is 10.9. The molecule has 2 unspecified atom stereocenters. The first-order chi connectivity index (χ1) is 10.7. The Kier molecular flexibility index (Phi) is 4.22. The van der Waals surface area contributed by atoms with E-state index in [-0.39, 0.29) is 23.5 Å². The van der Waals surface area contributed by atoms with Gasteiger partial charge in [0.25, 0.3) is 5.69 Å². The molecule has 7 heteroatoms. The smallest absolute Gasteiger partial charge is 0.287 e. The fraction of sp³-hybridized carbons (Fsp3) is 0.533. The van der Waals surface area contributed by atoms with Crippen molar-refractivity contribution in [2.75, 3.05) is 31.2 Å². The van der Waals surface area contributed by atoms with Gasteiger partial charge in [-0.15, -0.1) is 0 Å². The van der Waals surface area contributed by atoms with Crippen molar-refractivity contribution in [3.63, 3.8) is 0 Å². The highest BCUT2D eigenvalue weighted by molar-refractivity contribution is 5.60. The minimum Gasteiger partial charge on any atom is -0.375 e. The lowest BCUT2D eigenvalue weighted by Gasteiger charge is -2.36. The molecule has 1 aromatic rings. The van der Waals surface area contributed by atoms with E-state index in [4.69, 9.17) is 14.7 Å². The molecule has 2 saturated heterocycles. The molecular weight excluding hydrogens is 286 g/mol. The van der Waals surface area contributed by atoms with Gasteiger partial charge in [-0.2, -0.15) is 5.26 Å². The minimum atomic E-state index is -0.531. The third-order valence-corrected chi connectivity index (χ3v) is 4.14. The van der Waals surface area contributed by atoms with Crippen LogP contribution in [0.5, 0.6) is 0 Å². The third kappa shape index (κ3) is 2.89. The molecule has 1 aromatic carbocycles. The van der Waals surface area contributed by atoms with Gasteiger partial charge >= 0.3 is 0 Å². The molecule has 0 aliphatic carbocycles. The SMILES string of the molecule is N#Cc1cc(N2CCOC(C3CCCO3)C2)ccc1[N+](=O)[O-]. The van der Waals surface area contributed by atoms with Gasteiger partial charge in [-0.1, -0.05) is 0 Å². The molecule has 0 bridgehead atoms. The van der Waals surface area contributed by atoms with Crippen LogP contribution < -0.4 is 4.90 Å². The van der Waals surface area contributed by atoms with Gasteiger partial charge in [0.05, 0.1) is 17.6 Å². The van der Waals surface area contributed by atoms with Gasteiger partial charge in [0.1, 0.15) is 17.7 Å². The van der Waals surface area contributed by atoms with Crippen LogP contribution in [0.2, 0.25) is 0 Å². The standard InChI is InChI=1S/C15H17N3O4/c16-9-11-8-12(3-4-13(11)18(19)20)17-5-7-22-15(10-17)14-2-1-6-21-14/h3-4,8,14-15H,1-2,5-7,10H2. The molecule has 2 heterocycles. The number of hydrogen-bond donors (Lipinski definition) is 0. The highest BCUT2D eigenvalue weighted by Gasteiger charge is 2.31. The van der Waals surface area contributed by atoms with Crippen LogP contribution in [0.4, 0.5) is 11.4 Å². The number of rotatable bonds is 3. The Morgan fingerprint density at radius 1 is 1.32 bits per heavy atom. The summed E-state index contributed by atoms with van der Waals surface area (Å²) < 4.78 is 11.5. The van der Waals surface area contributed by atoms with Crippen LogP contribution in [0.3, 0.4) is 0 Å². The van der Waals surface area contributed by atoms with E-state index in [9.17, 15) is 10.1 Å². The lowest BCUT2D eigenvalue weighted by molar-refractivity contribution is -0.385. The van der Waals surface area contributed by atoms with Crippen LogP contribution in [0.1, 0.15) is 18.4 Å². The van der Waals surface area contributed by atoms with Crippen LogP contribution in [0, 0.1) is 21.4 Å². The summed E-state index contributed by atoms with van der Waals surface area (Å²) in [6.45, 7) is 2.74. The lowest BCUT2D eigenvalue weighted by atomic mass is 10.1. The summed E-state index contributed by atoms with van der Waals surface area (Å²) in [7, 11) is 0. The average Bonchev–Trinajstić information content (AvgIpc) is 3.08. The highest BCUT2D eigenvalue weighted by Crippen LogP contribution is 2.28. The molecule has 2 fully saturated rings. The zero-order chi connectivity index (χ0) is 15.5. The topological polar surface area (TPSA) is 88.6 Å². The maximum atomic E-state index is 10.9. The summed E-state index contributed by atoms with van der Waals surface area (Å²) in [5, 5.41) is 20.0. The number of nitro benzene ring substituents is 1. The van der Waals surface area contributed by atoms with Crippen LogP contribution in [0.25, 0.3) is 0 Å². The van der Waals surface area contributed by atoms with E-state index in [1.54, 1.807) is 12.1 Å². The fourth-order valence-electron chi connectivity index (χ4n) is 3.00. The summed E-state index contributed by atoms with van der Waals surface area (Å²) in [5.41, 5.74) is 0.742. The van der Waals surface area contributed by atoms with Gasteiger partial charge in [0, 0.05) is 31.5 Å². The van der Waals surface area contributed by atoms with E-state index < -0.39 is 4.92 Å². The first-order valence-electron chi connectivity index (χ1n) is 7.36. The van der Waals surface area contributed by atoms with E-state index in [1.807, 2.05) is 6.07 Å². The molecule has 116 valence electrons. The van der Waals surface area contributed by atoms with Gasteiger partial charge in [0.2, 0.25) is 0 Å². The van der Waals surface area contributed by atoms with Gasteiger partial charge < -0.3 is 14.4 Å². The average molecular weight is 303 g/mol. The first kappa shape index (κ1) is 14.8. The number of nitriles is 1. The number of nitrogens with zero attached hydrogens (tertiary/aromatic N) is 3. The Hall–Kier alpha value is -2.17. The van der Waals surface area contributed by atoms with Gasteiger partial charge in [-0.25, -0.2) is 0 Å². The first-order valence-corrected chi connectivity index (χ1v) is 7.36. The van der Waals surface area contributed by atoms with Crippen LogP contribution in [-0.2, 0) is 9.47 Å². The predicted molar refractivity (Wildman–Crippen MR) is 78.7 cm³/mol. The molecule has 2 atom stereocenters. The lowest BCUT2D eigenvalue weighted by Crippen LogP contribution is -2.47. The number of benzene rings is 1. The third-order valence-electron chi connectivity index (χ3n) is 4.14. The molecule has 3 rings (SSSR count). The molecule has 0 aromatic heterocycles. The molecule has 22 heavy (non-hydrogen) atoms. The Labute approximate surface area is 128 Å². The Balaban J connectivity index is 1.78. The van der Waals surface area contributed by atoms with E-state index in [0.29, 0.717) is 19.7 Å². The van der Waals surface area contributed by atoms with Crippen LogP contribution in [-0.4, -0.2) is 43.4 Å². The summed E-state index contributed by atoms with van der Waals surface area (Å²) in [4.78, 5) is 12.5. The second-order valence-electron chi connectivity index (χ2n) is 5.48. The molecule has 2 aliphatic rings. The van der Waals surface area contributed by atoms with E-state index in [1.165, 1.54) is 6.07 Å². The molecule has 0 amide bonds. The molecule has 7 nitrogen and oxygen atoms in total. The predicted octanol–water partition coefficient (Wildman–Crippen LogP) is 1.85. The molecule has 0 radical (unpaired) electrons. The zero-order valence-corrected chi connectivity index (χ0v) is 12.1. The second-order valence-corrected chi connectivity index (χ2v) is 5.48. The van der Waals surface area contributed by atoms with Crippen LogP contribution in [0.15, 0.2) is 18.2 Å². The quantitative estimate of drug-likeness (QED) is 0.625. The number of hydrogen-bond acceptors (Lipinski definition) is 6. The molecular formula is C15H17N3O4. The van der Waals surface area contributed by atoms with Crippen molar-refractivity contribution in [1.82, 2.24) is 0 Å². The monoisotopic (exact) mass is 303 g/mol. The van der Waals surface area contributed by atoms with Gasteiger partial charge in [-0.05, 0) is 25.0 Å². The zero-order valence-electron chi connectivity index (χ0n) is 12.1. The summed E-state index contributed by atoms with van der Waals surface area (Å²) >= 11 is 0. The maximum Gasteiger partial charge on any atom is 0.287 e. The molecule has 0 spiro atoms. The van der Waals surface area contributed by atoms with E-state index >= 15 is 0 Å². The van der Waals surface area contributed by atoms with Gasteiger partial charge in [-0.3, -0.25) is 10.1 Å². The minimum absolute atomic E-state index is 0.0111. The Bertz CT molecular complexity index is 607. The number of nitro groups is 1. The van der Waals surface area contributed by atoms with Crippen molar-refractivity contribution in [3.8, 4) is 6.07 Å². The van der Waals surface area contributed by atoms with Crippen molar-refractivity contribution in [1.29, 1.82) is 5.26 Å². The molecule has 0 saturated carbocycles. The second kappa shape index (κ2) is 6.30. The van der Waals surface area contributed by atoms with Crippen LogP contribution >= 0.6 is 0 Å². The Morgan fingerprint density at radius 2 is 2.14 bits per heavy atom. The highest BCUT2D eigenvalue weighted by atomic mass is 16.6. The van der Waals surface area contributed by atoms with Crippen molar-refractivity contribution in [3.05, 3.63) is 33.9 Å². The normalized spacial score (nSPS) is 25.0. The van der Waals surface area contributed by atoms with Gasteiger partial charge in [0.15, 0.2) is 0 Å². The summed E-state index contributed by atoms with van der Waals surface area (Å²) in [6.07, 6.45) is 2.19. The fourth-order valence-corrected chi connectivity index (χ4v) is 3.00. The molecule has 2 aliphatic heterocycles. The van der Waals surface area contributed by atoms with Crippen molar-refractivity contribution >= 4 is 11.4 Å². The van der Waals surface area contributed by atoms with Crippen molar-refractivity contribution < 1.29 is 14.4 Å². The van der Waals surface area contributed by atoms with Crippen molar-refractivity contribution in [2.24, 2.45) is 0 Å². The van der Waals surface area contributed by atoms with E-state index in [0.717, 1.165) is 25.1 Å². The number of morpholine rings is 1. The number of anilines is 1. The van der Waals surface area contributed by atoms with E-state index in [2.05, 4.69) is 4.90 Å². The molecule has 0 N–H and O–H groups in total. The number of ether oxygens (including phenoxy) is 2. The largest absolute Gasteiger partial charge is 0.375 e. The summed E-state index contributed by atoms with van der Waals surface area (Å²) in [6, 6.07) is 6.56. The Morgan fingerprint density at radius 3 is 2.82 bits per heavy atom.